The van der Waals surface area contributed by atoms with E-state index in [1.165, 1.54) is 32.2 Å². The molecule has 0 amide bonds. The fourth-order valence-corrected chi connectivity index (χ4v) is 2.72. The van der Waals surface area contributed by atoms with Crippen molar-refractivity contribution in [3.05, 3.63) is 24.2 Å². The van der Waals surface area contributed by atoms with Crippen LogP contribution < -0.4 is 5.32 Å². The van der Waals surface area contributed by atoms with Crippen molar-refractivity contribution >= 4 is 0 Å². The third-order valence-electron chi connectivity index (χ3n) is 3.61. The second kappa shape index (κ2) is 6.09. The number of hydrogen-bond acceptors (Lipinski definition) is 2. The molecule has 1 aliphatic carbocycles. The van der Waals surface area contributed by atoms with Gasteiger partial charge in [0, 0.05) is 13.0 Å². The van der Waals surface area contributed by atoms with Gasteiger partial charge in [-0.05, 0) is 43.4 Å². The van der Waals surface area contributed by atoms with Crippen LogP contribution in [0.15, 0.2) is 22.8 Å². The summed E-state index contributed by atoms with van der Waals surface area (Å²) in [7, 11) is 0. The summed E-state index contributed by atoms with van der Waals surface area (Å²) in [6.45, 7) is 4.61. The molecular formula is C14H23NO. The van der Waals surface area contributed by atoms with E-state index in [0.717, 1.165) is 30.6 Å². The third-order valence-corrected chi connectivity index (χ3v) is 3.61. The van der Waals surface area contributed by atoms with Crippen LogP contribution in [0.1, 0.15) is 38.4 Å². The van der Waals surface area contributed by atoms with E-state index < -0.39 is 0 Å². The van der Waals surface area contributed by atoms with Crippen molar-refractivity contribution in [1.82, 2.24) is 5.32 Å². The van der Waals surface area contributed by atoms with Gasteiger partial charge in [0.1, 0.15) is 5.76 Å². The molecule has 1 aliphatic rings. The maximum absolute atomic E-state index is 5.30. The quantitative estimate of drug-likeness (QED) is 0.772. The summed E-state index contributed by atoms with van der Waals surface area (Å²) in [5.74, 6) is 2.93. The molecule has 2 unspecified atom stereocenters. The lowest BCUT2D eigenvalue weighted by Crippen LogP contribution is -2.28. The topological polar surface area (TPSA) is 25.2 Å². The van der Waals surface area contributed by atoms with Gasteiger partial charge in [0.05, 0.1) is 6.26 Å². The largest absolute Gasteiger partial charge is 0.469 e. The van der Waals surface area contributed by atoms with E-state index in [2.05, 4.69) is 12.2 Å². The molecular weight excluding hydrogens is 198 g/mol. The lowest BCUT2D eigenvalue weighted by Gasteiger charge is -2.26. The SMILES string of the molecule is CC1CCCC(CNCCc2ccco2)C1. The molecule has 2 rings (SSSR count). The fourth-order valence-electron chi connectivity index (χ4n) is 2.72. The number of furan rings is 1. The Balaban J connectivity index is 1.57. The molecule has 0 spiro atoms. The molecule has 0 aromatic carbocycles. The van der Waals surface area contributed by atoms with Gasteiger partial charge in [0.15, 0.2) is 0 Å². The van der Waals surface area contributed by atoms with Gasteiger partial charge < -0.3 is 9.73 Å². The summed E-state index contributed by atoms with van der Waals surface area (Å²) < 4.78 is 5.30. The van der Waals surface area contributed by atoms with Crippen molar-refractivity contribution in [3.63, 3.8) is 0 Å². The fraction of sp³-hybridized carbons (Fsp3) is 0.714. The second-order valence-electron chi connectivity index (χ2n) is 5.17. The first-order valence-electron chi connectivity index (χ1n) is 6.57. The molecule has 0 radical (unpaired) electrons. The highest BCUT2D eigenvalue weighted by Crippen LogP contribution is 2.27. The Morgan fingerprint density at radius 3 is 3.12 bits per heavy atom. The molecule has 2 nitrogen and oxygen atoms in total. The summed E-state index contributed by atoms with van der Waals surface area (Å²) in [5.41, 5.74) is 0. The van der Waals surface area contributed by atoms with Crippen molar-refractivity contribution in [2.45, 2.75) is 39.0 Å². The van der Waals surface area contributed by atoms with Crippen LogP contribution in [0.4, 0.5) is 0 Å². The Labute approximate surface area is 98.4 Å². The second-order valence-corrected chi connectivity index (χ2v) is 5.17. The number of nitrogens with one attached hydrogen (secondary N) is 1. The zero-order valence-corrected chi connectivity index (χ0v) is 10.2. The van der Waals surface area contributed by atoms with Crippen molar-refractivity contribution in [3.8, 4) is 0 Å². The number of hydrogen-bond donors (Lipinski definition) is 1. The van der Waals surface area contributed by atoms with Gasteiger partial charge in [-0.15, -0.1) is 0 Å². The van der Waals surface area contributed by atoms with E-state index in [-0.39, 0.29) is 0 Å². The smallest absolute Gasteiger partial charge is 0.105 e. The Hall–Kier alpha value is -0.760. The molecule has 16 heavy (non-hydrogen) atoms. The highest BCUT2D eigenvalue weighted by atomic mass is 16.3. The number of rotatable bonds is 5. The standard InChI is InChI=1S/C14H23NO/c1-12-4-2-5-13(10-12)11-15-8-7-14-6-3-9-16-14/h3,6,9,12-13,15H,2,4-5,7-8,10-11H2,1H3. The lowest BCUT2D eigenvalue weighted by atomic mass is 9.82. The highest BCUT2D eigenvalue weighted by Gasteiger charge is 2.17. The van der Waals surface area contributed by atoms with E-state index in [9.17, 15) is 0 Å². The predicted molar refractivity (Wildman–Crippen MR) is 66.4 cm³/mol. The maximum atomic E-state index is 5.30. The molecule has 2 atom stereocenters. The van der Waals surface area contributed by atoms with Gasteiger partial charge in [0.2, 0.25) is 0 Å². The molecule has 1 N–H and O–H groups in total. The minimum Gasteiger partial charge on any atom is -0.469 e. The maximum Gasteiger partial charge on any atom is 0.105 e. The van der Waals surface area contributed by atoms with Gasteiger partial charge in [-0.1, -0.05) is 19.8 Å². The van der Waals surface area contributed by atoms with Crippen molar-refractivity contribution < 1.29 is 4.42 Å². The molecule has 1 aromatic rings. The van der Waals surface area contributed by atoms with E-state index >= 15 is 0 Å². The van der Waals surface area contributed by atoms with Crippen LogP contribution in [-0.2, 0) is 6.42 Å². The van der Waals surface area contributed by atoms with Gasteiger partial charge in [-0.25, -0.2) is 0 Å². The zero-order valence-electron chi connectivity index (χ0n) is 10.2. The van der Waals surface area contributed by atoms with Gasteiger partial charge >= 0.3 is 0 Å². The van der Waals surface area contributed by atoms with Crippen molar-refractivity contribution in [2.75, 3.05) is 13.1 Å². The molecule has 0 aliphatic heterocycles. The van der Waals surface area contributed by atoms with Crippen LogP contribution in [0, 0.1) is 11.8 Å². The molecule has 0 saturated heterocycles. The van der Waals surface area contributed by atoms with Crippen LogP contribution in [0.5, 0.6) is 0 Å². The Bertz CT molecular complexity index is 281. The average Bonchev–Trinajstić information content (AvgIpc) is 2.77. The van der Waals surface area contributed by atoms with Crippen LogP contribution in [-0.4, -0.2) is 13.1 Å². The Morgan fingerprint density at radius 2 is 2.38 bits per heavy atom. The van der Waals surface area contributed by atoms with Gasteiger partial charge in [-0.2, -0.15) is 0 Å². The first-order valence-corrected chi connectivity index (χ1v) is 6.57. The molecule has 90 valence electrons. The summed E-state index contributed by atoms with van der Waals surface area (Å²) >= 11 is 0. The normalized spacial score (nSPS) is 25.8. The minimum atomic E-state index is 0.903. The first-order chi connectivity index (χ1) is 7.84. The molecule has 1 heterocycles. The summed E-state index contributed by atoms with van der Waals surface area (Å²) in [5, 5.41) is 3.55. The summed E-state index contributed by atoms with van der Waals surface area (Å²) in [4.78, 5) is 0. The first kappa shape index (κ1) is 11.7. The molecule has 1 aromatic heterocycles. The van der Waals surface area contributed by atoms with E-state index in [0.29, 0.717) is 0 Å². The van der Waals surface area contributed by atoms with Gasteiger partial charge in [-0.3, -0.25) is 0 Å². The summed E-state index contributed by atoms with van der Waals surface area (Å²) in [6, 6.07) is 4.00. The minimum absolute atomic E-state index is 0.903. The monoisotopic (exact) mass is 221 g/mol. The molecule has 2 heteroatoms. The van der Waals surface area contributed by atoms with Crippen LogP contribution in [0.2, 0.25) is 0 Å². The third kappa shape index (κ3) is 3.67. The Morgan fingerprint density at radius 1 is 1.44 bits per heavy atom. The van der Waals surface area contributed by atoms with Gasteiger partial charge in [0.25, 0.3) is 0 Å². The van der Waals surface area contributed by atoms with Crippen LogP contribution >= 0.6 is 0 Å². The van der Waals surface area contributed by atoms with Crippen LogP contribution in [0.3, 0.4) is 0 Å². The highest BCUT2D eigenvalue weighted by molar-refractivity contribution is 4.98. The lowest BCUT2D eigenvalue weighted by molar-refractivity contribution is 0.274. The average molecular weight is 221 g/mol. The predicted octanol–water partition coefficient (Wildman–Crippen LogP) is 3.24. The molecule has 0 bridgehead atoms. The summed E-state index contributed by atoms with van der Waals surface area (Å²) in [6.07, 6.45) is 8.44. The van der Waals surface area contributed by atoms with Crippen LogP contribution in [0.25, 0.3) is 0 Å². The van der Waals surface area contributed by atoms with E-state index in [1.807, 2.05) is 12.1 Å². The molecule has 1 fully saturated rings. The molecule has 1 saturated carbocycles. The van der Waals surface area contributed by atoms with E-state index in [4.69, 9.17) is 4.42 Å². The van der Waals surface area contributed by atoms with Crippen molar-refractivity contribution in [1.29, 1.82) is 0 Å². The van der Waals surface area contributed by atoms with E-state index in [1.54, 1.807) is 6.26 Å². The zero-order chi connectivity index (χ0) is 11.2. The Kier molecular flexibility index (Phi) is 4.46. The van der Waals surface area contributed by atoms with Crippen molar-refractivity contribution in [2.24, 2.45) is 11.8 Å².